The molecule has 1 aliphatic heterocycles. The monoisotopic (exact) mass is 385 g/mol. The van der Waals surface area contributed by atoms with Crippen LogP contribution in [0.2, 0.25) is 0 Å². The van der Waals surface area contributed by atoms with Gasteiger partial charge in [-0.1, -0.05) is 36.1 Å². The van der Waals surface area contributed by atoms with Crippen molar-refractivity contribution in [1.82, 2.24) is 4.90 Å². The van der Waals surface area contributed by atoms with Crippen LogP contribution in [0, 0.1) is 0 Å². The number of benzene rings is 1. The molecule has 1 saturated heterocycles. The summed E-state index contributed by atoms with van der Waals surface area (Å²) in [4.78, 5) is 13.9. The molecule has 0 unspecified atom stereocenters. The molecule has 0 saturated carbocycles. The molecule has 1 aromatic carbocycles. The highest BCUT2D eigenvalue weighted by Crippen LogP contribution is 2.34. The number of ether oxygens (including phenoxy) is 2. The Hall–Kier alpha value is -0.920. The second kappa shape index (κ2) is 8.45. The van der Waals surface area contributed by atoms with E-state index in [1.54, 1.807) is 18.9 Å². The average Bonchev–Trinajstić information content (AvgIpc) is 2.93. The van der Waals surface area contributed by atoms with Crippen molar-refractivity contribution in [3.05, 3.63) is 29.8 Å². The standard InChI is InChI=1S/C17H23NO3S3/c1-17(2,24-9-12-5-7-13(20-3)8-6-12)11-18-14(15(19)21-4)10-23-16(18)22/h5-8,14H,9-11H2,1-4H3/t14-/m0/s1. The first kappa shape index (κ1) is 19.4. The smallest absolute Gasteiger partial charge is 0.329 e. The molecule has 0 bridgehead atoms. The Morgan fingerprint density at radius 2 is 2.04 bits per heavy atom. The van der Waals surface area contributed by atoms with Crippen molar-refractivity contribution in [3.8, 4) is 5.75 Å². The maximum atomic E-state index is 11.9. The lowest BCUT2D eigenvalue weighted by Gasteiger charge is -2.33. The molecule has 0 spiro atoms. The third-order valence-corrected chi connectivity index (χ3v) is 6.73. The molecular formula is C17H23NO3S3. The summed E-state index contributed by atoms with van der Waals surface area (Å²) >= 11 is 8.82. The van der Waals surface area contributed by atoms with Crippen LogP contribution in [-0.2, 0) is 15.3 Å². The van der Waals surface area contributed by atoms with E-state index in [1.165, 1.54) is 12.7 Å². The summed E-state index contributed by atoms with van der Waals surface area (Å²) in [7, 11) is 3.09. The van der Waals surface area contributed by atoms with E-state index < -0.39 is 0 Å². The minimum Gasteiger partial charge on any atom is -0.497 e. The third-order valence-electron chi connectivity index (χ3n) is 3.79. The largest absolute Gasteiger partial charge is 0.497 e. The third kappa shape index (κ3) is 5.04. The molecule has 0 radical (unpaired) electrons. The van der Waals surface area contributed by atoms with Crippen LogP contribution in [0.25, 0.3) is 0 Å². The van der Waals surface area contributed by atoms with Gasteiger partial charge in [-0.3, -0.25) is 0 Å². The molecule has 1 atom stereocenters. The Morgan fingerprint density at radius 1 is 1.38 bits per heavy atom. The van der Waals surface area contributed by atoms with Gasteiger partial charge in [-0.2, -0.15) is 0 Å². The van der Waals surface area contributed by atoms with E-state index in [9.17, 15) is 4.79 Å². The molecule has 1 aromatic rings. The SMILES string of the molecule is COC(=O)[C@@H]1CSC(=S)N1CC(C)(C)SCc1ccc(OC)cc1. The second-order valence-electron chi connectivity index (χ2n) is 6.14. The highest BCUT2D eigenvalue weighted by Gasteiger charge is 2.38. The van der Waals surface area contributed by atoms with Crippen LogP contribution in [0.3, 0.4) is 0 Å². The highest BCUT2D eigenvalue weighted by molar-refractivity contribution is 8.23. The Bertz CT molecular complexity index is 589. The van der Waals surface area contributed by atoms with E-state index in [4.69, 9.17) is 21.7 Å². The summed E-state index contributed by atoms with van der Waals surface area (Å²) in [5, 5.41) is 0. The first-order chi connectivity index (χ1) is 11.4. The summed E-state index contributed by atoms with van der Waals surface area (Å²) in [6.07, 6.45) is 0. The lowest BCUT2D eigenvalue weighted by atomic mass is 10.1. The number of rotatable bonds is 7. The Kier molecular flexibility index (Phi) is 6.83. The molecule has 0 amide bonds. The molecule has 7 heteroatoms. The van der Waals surface area contributed by atoms with Crippen molar-refractivity contribution in [2.45, 2.75) is 30.4 Å². The van der Waals surface area contributed by atoms with Gasteiger partial charge in [-0.15, -0.1) is 11.8 Å². The average molecular weight is 386 g/mol. The summed E-state index contributed by atoms with van der Waals surface area (Å²) in [6, 6.07) is 7.84. The van der Waals surface area contributed by atoms with Crippen molar-refractivity contribution in [3.63, 3.8) is 0 Å². The number of thiocarbonyl (C=S) groups is 1. The molecule has 4 nitrogen and oxygen atoms in total. The highest BCUT2D eigenvalue weighted by atomic mass is 32.2. The number of nitrogens with zero attached hydrogens (tertiary/aromatic N) is 1. The van der Waals surface area contributed by atoms with Crippen LogP contribution in [0.15, 0.2) is 24.3 Å². The zero-order valence-electron chi connectivity index (χ0n) is 14.4. The van der Waals surface area contributed by atoms with Crippen molar-refractivity contribution >= 4 is 46.0 Å². The van der Waals surface area contributed by atoms with Crippen molar-refractivity contribution in [2.75, 3.05) is 26.5 Å². The van der Waals surface area contributed by atoms with Crippen LogP contribution < -0.4 is 4.74 Å². The quantitative estimate of drug-likeness (QED) is 0.525. The van der Waals surface area contributed by atoms with Crippen LogP contribution in [0.4, 0.5) is 0 Å². The van der Waals surface area contributed by atoms with Crippen LogP contribution in [0.1, 0.15) is 19.4 Å². The molecular weight excluding hydrogens is 362 g/mol. The fourth-order valence-electron chi connectivity index (χ4n) is 2.41. The zero-order valence-corrected chi connectivity index (χ0v) is 16.9. The number of hydrogen-bond donors (Lipinski definition) is 0. The van der Waals surface area contributed by atoms with E-state index in [0.717, 1.165) is 22.4 Å². The van der Waals surface area contributed by atoms with E-state index in [-0.39, 0.29) is 16.8 Å². The van der Waals surface area contributed by atoms with Crippen molar-refractivity contribution in [1.29, 1.82) is 0 Å². The molecule has 1 heterocycles. The van der Waals surface area contributed by atoms with E-state index in [0.29, 0.717) is 5.75 Å². The number of carbonyl (C=O) groups is 1. The summed E-state index contributed by atoms with van der Waals surface area (Å²) < 4.78 is 10.8. The topological polar surface area (TPSA) is 38.8 Å². The van der Waals surface area contributed by atoms with Gasteiger partial charge in [0.15, 0.2) is 0 Å². The predicted octanol–water partition coefficient (Wildman–Crippen LogP) is 3.58. The molecule has 132 valence electrons. The number of methoxy groups -OCH3 is 2. The lowest BCUT2D eigenvalue weighted by molar-refractivity contribution is -0.144. The summed E-state index contributed by atoms with van der Waals surface area (Å²) in [5.74, 6) is 2.22. The molecule has 0 N–H and O–H groups in total. The van der Waals surface area contributed by atoms with Crippen LogP contribution >= 0.6 is 35.7 Å². The minimum absolute atomic E-state index is 0.0405. The van der Waals surface area contributed by atoms with E-state index >= 15 is 0 Å². The Balaban J connectivity index is 1.96. The number of hydrogen-bond acceptors (Lipinski definition) is 6. The molecule has 1 fully saturated rings. The minimum atomic E-state index is -0.270. The van der Waals surface area contributed by atoms with Crippen LogP contribution in [0.5, 0.6) is 5.75 Å². The second-order valence-corrected chi connectivity index (χ2v) is 9.48. The number of esters is 1. The first-order valence-corrected chi connectivity index (χ1v) is 10.0. The van der Waals surface area contributed by atoms with Crippen molar-refractivity contribution in [2.24, 2.45) is 0 Å². The van der Waals surface area contributed by atoms with Gasteiger partial charge in [0.1, 0.15) is 16.1 Å². The molecule has 0 aliphatic carbocycles. The van der Waals surface area contributed by atoms with Gasteiger partial charge >= 0.3 is 5.97 Å². The van der Waals surface area contributed by atoms with Gasteiger partial charge < -0.3 is 14.4 Å². The first-order valence-electron chi connectivity index (χ1n) is 7.64. The fourth-order valence-corrected chi connectivity index (χ4v) is 4.76. The maximum absolute atomic E-state index is 11.9. The summed E-state index contributed by atoms with van der Waals surface area (Å²) in [6.45, 7) is 5.08. The Morgan fingerprint density at radius 3 is 2.62 bits per heavy atom. The number of thioether (sulfide) groups is 2. The molecule has 0 aromatic heterocycles. The zero-order chi connectivity index (χ0) is 17.7. The lowest BCUT2D eigenvalue weighted by Crippen LogP contribution is -2.46. The fraction of sp³-hybridized carbons (Fsp3) is 0.529. The summed E-state index contributed by atoms with van der Waals surface area (Å²) in [5.41, 5.74) is 1.25. The van der Waals surface area contributed by atoms with Gasteiger partial charge in [-0.25, -0.2) is 4.79 Å². The van der Waals surface area contributed by atoms with Crippen molar-refractivity contribution < 1.29 is 14.3 Å². The van der Waals surface area contributed by atoms with E-state index in [1.807, 2.05) is 28.8 Å². The normalized spacial score (nSPS) is 17.9. The van der Waals surface area contributed by atoms with E-state index in [2.05, 4.69) is 26.0 Å². The predicted molar refractivity (Wildman–Crippen MR) is 106 cm³/mol. The maximum Gasteiger partial charge on any atom is 0.329 e. The van der Waals surface area contributed by atoms with Gasteiger partial charge in [0.05, 0.1) is 14.2 Å². The molecule has 1 aliphatic rings. The van der Waals surface area contributed by atoms with Crippen LogP contribution in [-0.4, -0.2) is 52.5 Å². The molecule has 2 rings (SSSR count). The number of carbonyl (C=O) groups excluding carboxylic acids is 1. The van der Waals surface area contributed by atoms with Gasteiger partial charge in [0, 0.05) is 22.8 Å². The molecule has 24 heavy (non-hydrogen) atoms. The van der Waals surface area contributed by atoms with Gasteiger partial charge in [0.2, 0.25) is 0 Å². The van der Waals surface area contributed by atoms with Gasteiger partial charge in [0.25, 0.3) is 0 Å². The van der Waals surface area contributed by atoms with Gasteiger partial charge in [-0.05, 0) is 31.5 Å². The Labute approximate surface area is 157 Å².